The molecule has 0 saturated heterocycles. The Hall–Kier alpha value is -3.66. The van der Waals surface area contributed by atoms with Gasteiger partial charge in [-0.05, 0) is 51.7 Å². The van der Waals surface area contributed by atoms with Crippen LogP contribution in [0.25, 0.3) is 22.2 Å². The van der Waals surface area contributed by atoms with Crippen LogP contribution in [0.4, 0.5) is 0 Å². The van der Waals surface area contributed by atoms with Crippen LogP contribution < -0.4 is 0 Å². The van der Waals surface area contributed by atoms with E-state index in [0.717, 1.165) is 21.9 Å². The fourth-order valence-corrected chi connectivity index (χ4v) is 5.23. The van der Waals surface area contributed by atoms with Gasteiger partial charge in [0.25, 0.3) is 0 Å². The smallest absolute Gasteiger partial charge is 0.243 e. The third-order valence-electron chi connectivity index (χ3n) is 5.47. The zero-order chi connectivity index (χ0) is 23.5. The summed E-state index contributed by atoms with van der Waals surface area (Å²) in [6.45, 7) is 0.269. The molecule has 34 heavy (non-hydrogen) atoms. The molecular formula is C24H19ClN6O2S. The molecule has 0 fully saturated rings. The third kappa shape index (κ3) is 4.54. The van der Waals surface area contributed by atoms with Gasteiger partial charge in [-0.3, -0.25) is 4.98 Å². The molecule has 170 valence electrons. The van der Waals surface area contributed by atoms with Crippen molar-refractivity contribution in [2.75, 3.05) is 0 Å². The second kappa shape index (κ2) is 9.30. The van der Waals surface area contributed by atoms with Gasteiger partial charge in [-0.2, -0.15) is 4.31 Å². The van der Waals surface area contributed by atoms with Gasteiger partial charge in [-0.15, -0.1) is 5.10 Å². The number of H-pyrrole nitrogens is 1. The quantitative estimate of drug-likeness (QED) is 0.361. The number of aromatic nitrogens is 5. The van der Waals surface area contributed by atoms with Gasteiger partial charge in [0.1, 0.15) is 0 Å². The Balaban J connectivity index is 1.52. The Labute approximate surface area is 201 Å². The van der Waals surface area contributed by atoms with Gasteiger partial charge in [0, 0.05) is 28.7 Å². The number of sulfonamides is 1. The molecule has 0 aliphatic rings. The third-order valence-corrected chi connectivity index (χ3v) is 7.52. The monoisotopic (exact) mass is 490 g/mol. The lowest BCUT2D eigenvalue weighted by Crippen LogP contribution is -2.30. The summed E-state index contributed by atoms with van der Waals surface area (Å²) in [5.74, 6) is 0.539. The highest BCUT2D eigenvalue weighted by Gasteiger charge is 2.26. The summed E-state index contributed by atoms with van der Waals surface area (Å²) in [5.41, 5.74) is 2.30. The van der Waals surface area contributed by atoms with Crippen LogP contribution in [0.5, 0.6) is 0 Å². The maximum atomic E-state index is 13.7. The topological polar surface area (TPSA) is 105 Å². The van der Waals surface area contributed by atoms with Gasteiger partial charge in [0.2, 0.25) is 10.0 Å². The number of fused-ring (bicyclic) bond motifs is 1. The second-order valence-corrected chi connectivity index (χ2v) is 10.0. The Morgan fingerprint density at radius 3 is 2.38 bits per heavy atom. The number of benzene rings is 3. The van der Waals surface area contributed by atoms with Crippen molar-refractivity contribution in [1.82, 2.24) is 29.9 Å². The number of rotatable bonds is 7. The molecule has 0 aliphatic carbocycles. The highest BCUT2D eigenvalue weighted by molar-refractivity contribution is 7.89. The largest absolute Gasteiger partial charge is 0.259 e. The number of hydrogen-bond donors (Lipinski definition) is 1. The summed E-state index contributed by atoms with van der Waals surface area (Å²) in [6, 6.07) is 23.3. The molecule has 0 aliphatic heterocycles. The lowest BCUT2D eigenvalue weighted by molar-refractivity contribution is 0.398. The van der Waals surface area contributed by atoms with Gasteiger partial charge in [0.05, 0.1) is 17.1 Å². The molecule has 2 heterocycles. The summed E-state index contributed by atoms with van der Waals surface area (Å²) in [5, 5.41) is 16.2. The predicted molar refractivity (Wildman–Crippen MR) is 129 cm³/mol. The lowest BCUT2D eigenvalue weighted by Gasteiger charge is -2.23. The molecule has 0 spiro atoms. The van der Waals surface area contributed by atoms with E-state index in [4.69, 9.17) is 11.6 Å². The number of tetrazole rings is 1. The molecule has 1 N–H and O–H groups in total. The molecule has 0 unspecified atom stereocenters. The predicted octanol–water partition coefficient (Wildman–Crippen LogP) is 4.46. The Morgan fingerprint density at radius 1 is 0.882 bits per heavy atom. The average Bonchev–Trinajstić information content (AvgIpc) is 3.40. The molecule has 0 saturated carbocycles. The maximum Gasteiger partial charge on any atom is 0.243 e. The van der Waals surface area contributed by atoms with Crippen molar-refractivity contribution >= 4 is 32.4 Å². The van der Waals surface area contributed by atoms with E-state index >= 15 is 0 Å². The van der Waals surface area contributed by atoms with Gasteiger partial charge in [0.15, 0.2) is 5.82 Å². The van der Waals surface area contributed by atoms with Gasteiger partial charge in [-0.25, -0.2) is 13.5 Å². The van der Waals surface area contributed by atoms with E-state index < -0.39 is 10.0 Å². The van der Waals surface area contributed by atoms with Crippen molar-refractivity contribution in [3.8, 4) is 11.4 Å². The molecule has 10 heteroatoms. The van der Waals surface area contributed by atoms with Gasteiger partial charge in [-0.1, -0.05) is 60.1 Å². The first-order chi connectivity index (χ1) is 16.5. The first-order valence-corrected chi connectivity index (χ1v) is 12.2. The van der Waals surface area contributed by atoms with Crippen molar-refractivity contribution in [2.45, 2.75) is 18.0 Å². The van der Waals surface area contributed by atoms with Crippen molar-refractivity contribution < 1.29 is 8.42 Å². The second-order valence-electron chi connectivity index (χ2n) is 7.65. The molecule has 5 rings (SSSR count). The molecule has 5 aromatic rings. The molecular weight excluding hydrogens is 472 g/mol. The van der Waals surface area contributed by atoms with Crippen LogP contribution in [-0.2, 0) is 23.1 Å². The Kier molecular flexibility index (Phi) is 6.06. The molecule has 0 radical (unpaired) electrons. The fraction of sp³-hybridized carbons (Fsp3) is 0.0833. The standard InChI is InChI=1S/C24H19ClN6O2S/c25-20-9-11-21(12-10-20)34(32,33)31(16-23-22-4-2-1-3-18(22)13-14-26-23)15-17-5-7-19(8-6-17)24-27-29-30-28-24/h1-14H,15-16H2,(H,27,28,29,30). The number of nitrogens with one attached hydrogen (secondary N) is 1. The number of hydrogen-bond acceptors (Lipinski definition) is 6. The van der Waals surface area contributed by atoms with E-state index in [9.17, 15) is 8.42 Å². The molecule has 3 aromatic carbocycles. The average molecular weight is 491 g/mol. The van der Waals surface area contributed by atoms with Crippen LogP contribution >= 0.6 is 11.6 Å². The minimum absolute atomic E-state index is 0.111. The van der Waals surface area contributed by atoms with Crippen LogP contribution in [-0.4, -0.2) is 38.3 Å². The Bertz CT molecular complexity index is 1520. The van der Waals surface area contributed by atoms with Crippen molar-refractivity contribution in [3.05, 3.63) is 101 Å². The summed E-state index contributed by atoms with van der Waals surface area (Å²) in [6.07, 6.45) is 1.70. The zero-order valence-corrected chi connectivity index (χ0v) is 19.4. The van der Waals surface area contributed by atoms with Gasteiger partial charge >= 0.3 is 0 Å². The van der Waals surface area contributed by atoms with E-state index in [1.54, 1.807) is 18.3 Å². The maximum absolute atomic E-state index is 13.7. The van der Waals surface area contributed by atoms with Crippen molar-refractivity contribution in [3.63, 3.8) is 0 Å². The van der Waals surface area contributed by atoms with Crippen LogP contribution in [0.2, 0.25) is 5.02 Å². The minimum atomic E-state index is -3.84. The molecule has 8 nitrogen and oxygen atoms in total. The number of halogens is 1. The highest BCUT2D eigenvalue weighted by Crippen LogP contribution is 2.25. The van der Waals surface area contributed by atoms with Crippen molar-refractivity contribution in [2.24, 2.45) is 0 Å². The van der Waals surface area contributed by atoms with E-state index in [2.05, 4.69) is 25.6 Å². The number of nitrogens with zero attached hydrogens (tertiary/aromatic N) is 5. The Morgan fingerprint density at radius 2 is 1.65 bits per heavy atom. The first kappa shape index (κ1) is 22.1. The number of pyridine rings is 1. The lowest BCUT2D eigenvalue weighted by atomic mass is 10.1. The van der Waals surface area contributed by atoms with E-state index in [0.29, 0.717) is 16.5 Å². The molecule has 2 aromatic heterocycles. The molecule has 0 amide bonds. The SMILES string of the molecule is O=S(=O)(c1ccc(Cl)cc1)N(Cc1ccc(-c2nnn[nH]2)cc1)Cc1nccc2ccccc12. The van der Waals surface area contributed by atoms with E-state index in [-0.39, 0.29) is 18.0 Å². The van der Waals surface area contributed by atoms with E-state index in [1.807, 2.05) is 54.6 Å². The summed E-state index contributed by atoms with van der Waals surface area (Å²) < 4.78 is 28.8. The van der Waals surface area contributed by atoms with Crippen LogP contribution in [0.1, 0.15) is 11.3 Å². The summed E-state index contributed by atoms with van der Waals surface area (Å²) in [4.78, 5) is 4.67. The number of aromatic amines is 1. The van der Waals surface area contributed by atoms with Crippen LogP contribution in [0, 0.1) is 0 Å². The van der Waals surface area contributed by atoms with Gasteiger partial charge < -0.3 is 0 Å². The summed E-state index contributed by atoms with van der Waals surface area (Å²) >= 11 is 5.99. The van der Waals surface area contributed by atoms with Crippen LogP contribution in [0.3, 0.4) is 0 Å². The van der Waals surface area contributed by atoms with E-state index in [1.165, 1.54) is 16.4 Å². The zero-order valence-electron chi connectivity index (χ0n) is 17.8. The minimum Gasteiger partial charge on any atom is -0.259 e. The van der Waals surface area contributed by atoms with Crippen LogP contribution in [0.15, 0.2) is 90.0 Å². The van der Waals surface area contributed by atoms with Crippen molar-refractivity contribution in [1.29, 1.82) is 0 Å². The molecule has 0 bridgehead atoms. The normalized spacial score (nSPS) is 11.8. The summed E-state index contributed by atoms with van der Waals surface area (Å²) in [7, 11) is -3.84. The first-order valence-electron chi connectivity index (χ1n) is 10.4. The fourth-order valence-electron chi connectivity index (χ4n) is 3.71. The molecule has 0 atom stereocenters. The highest BCUT2D eigenvalue weighted by atomic mass is 35.5.